The molecule has 0 fully saturated rings. The van der Waals surface area contributed by atoms with Crippen molar-refractivity contribution in [2.75, 3.05) is 0 Å². The minimum atomic E-state index is -0.189. The molecule has 0 saturated carbocycles. The van der Waals surface area contributed by atoms with Crippen molar-refractivity contribution in [3.8, 4) is 0 Å². The monoisotopic (exact) mass is 345 g/mol. The van der Waals surface area contributed by atoms with E-state index in [4.69, 9.17) is 5.73 Å². The molecule has 0 aliphatic heterocycles. The number of primary amides is 1. The molecule has 0 aromatic carbocycles. The molecule has 0 aliphatic rings. The molecule has 0 radical (unpaired) electrons. The van der Waals surface area contributed by atoms with Gasteiger partial charge in [0.25, 0.3) is 0 Å². The molecular formula is C18H37NNa2O2. The molecular weight excluding hydrogens is 308 g/mol. The van der Waals surface area contributed by atoms with Gasteiger partial charge in [0.2, 0.25) is 5.91 Å². The Hall–Kier alpha value is 1.17. The van der Waals surface area contributed by atoms with Crippen molar-refractivity contribution in [3.05, 3.63) is 12.2 Å². The Balaban J connectivity index is -0.00000200. The molecule has 5 heteroatoms. The summed E-state index contributed by atoms with van der Waals surface area (Å²) in [6, 6.07) is 0. The van der Waals surface area contributed by atoms with E-state index in [1.165, 1.54) is 38.5 Å². The number of carbonyl (C=O) groups excluding carboxylic acids is 1. The summed E-state index contributed by atoms with van der Waals surface area (Å²) in [5.74, 6) is -0.189. The fourth-order valence-corrected chi connectivity index (χ4v) is 2.39. The Labute approximate surface area is 187 Å². The third-order valence-electron chi connectivity index (χ3n) is 3.76. The van der Waals surface area contributed by atoms with Crippen LogP contribution in [0.15, 0.2) is 12.2 Å². The summed E-state index contributed by atoms with van der Waals surface area (Å²) >= 11 is 0. The zero-order valence-electron chi connectivity index (χ0n) is 13.9. The number of aliphatic hydroxyl groups is 1. The Morgan fingerprint density at radius 3 is 2.22 bits per heavy atom. The Morgan fingerprint density at radius 1 is 0.957 bits per heavy atom. The number of hydrogen-bond acceptors (Lipinski definition) is 2. The van der Waals surface area contributed by atoms with Gasteiger partial charge in [0.05, 0.1) is 6.10 Å². The van der Waals surface area contributed by atoms with Gasteiger partial charge in [-0.2, -0.15) is 0 Å². The third kappa shape index (κ3) is 25.5. The number of unbranched alkanes of at least 4 members (excludes halogenated alkanes) is 8. The van der Waals surface area contributed by atoms with Crippen LogP contribution in [-0.2, 0) is 4.79 Å². The van der Waals surface area contributed by atoms with Crippen LogP contribution in [-0.4, -0.2) is 76.2 Å². The number of amides is 1. The van der Waals surface area contributed by atoms with E-state index in [2.05, 4.69) is 19.1 Å². The van der Waals surface area contributed by atoms with Crippen molar-refractivity contribution in [3.63, 3.8) is 0 Å². The van der Waals surface area contributed by atoms with E-state index in [9.17, 15) is 9.90 Å². The van der Waals surface area contributed by atoms with Crippen LogP contribution in [0.1, 0.15) is 90.4 Å². The number of nitrogens with two attached hydrogens (primary N) is 1. The zero-order valence-corrected chi connectivity index (χ0v) is 13.9. The molecule has 0 aliphatic carbocycles. The van der Waals surface area contributed by atoms with Crippen LogP contribution in [0.4, 0.5) is 0 Å². The van der Waals surface area contributed by atoms with E-state index in [1.54, 1.807) is 0 Å². The Bertz CT molecular complexity index is 274. The molecule has 1 atom stereocenters. The van der Waals surface area contributed by atoms with Crippen LogP contribution in [0.2, 0.25) is 0 Å². The summed E-state index contributed by atoms with van der Waals surface area (Å²) in [5.41, 5.74) is 5.09. The van der Waals surface area contributed by atoms with Gasteiger partial charge in [0.15, 0.2) is 0 Å². The average Bonchev–Trinajstić information content (AvgIpc) is 2.45. The Kier molecular flexibility index (Phi) is 29.2. The first-order chi connectivity index (χ1) is 10.2. The summed E-state index contributed by atoms with van der Waals surface area (Å²) in [5, 5.41) is 9.80. The fraction of sp³-hybridized carbons (Fsp3) is 0.833. The van der Waals surface area contributed by atoms with E-state index in [-0.39, 0.29) is 71.1 Å². The van der Waals surface area contributed by atoms with Crippen LogP contribution in [0, 0.1) is 0 Å². The predicted molar refractivity (Wildman–Crippen MR) is 104 cm³/mol. The summed E-state index contributed by atoms with van der Waals surface area (Å²) in [6.07, 6.45) is 18.0. The molecule has 0 saturated heterocycles. The van der Waals surface area contributed by atoms with Crippen molar-refractivity contribution in [1.82, 2.24) is 0 Å². The summed E-state index contributed by atoms with van der Waals surface area (Å²) in [7, 11) is 0. The van der Waals surface area contributed by atoms with E-state index < -0.39 is 0 Å². The topological polar surface area (TPSA) is 63.3 Å². The van der Waals surface area contributed by atoms with Gasteiger partial charge >= 0.3 is 59.1 Å². The van der Waals surface area contributed by atoms with Crippen molar-refractivity contribution in [2.24, 2.45) is 5.73 Å². The number of rotatable bonds is 15. The van der Waals surface area contributed by atoms with Crippen LogP contribution >= 0.6 is 0 Å². The number of hydrogen-bond donors (Lipinski definition) is 2. The SMILES string of the molecule is CCCCCC[C@@H](O)C/C=C\CCCCCCCC(N)=O.[NaH].[NaH]. The molecule has 3 N–H and O–H groups in total. The molecule has 0 aromatic heterocycles. The van der Waals surface area contributed by atoms with Gasteiger partial charge in [-0.05, 0) is 32.1 Å². The van der Waals surface area contributed by atoms with Gasteiger partial charge in [-0.3, -0.25) is 4.79 Å². The molecule has 0 bridgehead atoms. The molecule has 128 valence electrons. The minimum absolute atomic E-state index is 0. The second-order valence-corrected chi connectivity index (χ2v) is 5.98. The van der Waals surface area contributed by atoms with Gasteiger partial charge in [-0.1, -0.05) is 64.0 Å². The first-order valence-electron chi connectivity index (χ1n) is 8.78. The third-order valence-corrected chi connectivity index (χ3v) is 3.76. The normalized spacial score (nSPS) is 11.7. The standard InChI is InChI=1S/C18H35NO2.2Na.2H/c1-2-3-4-11-14-17(20)15-12-9-7-5-6-8-10-13-16-18(19)21;;;;/h9,12,17,20H,2-8,10-11,13-16H2,1H3,(H2,19,21);;;;/b12-9-;;;;/t17-;;;;/m1..../s1. The molecule has 0 heterocycles. The maximum atomic E-state index is 10.6. The Morgan fingerprint density at radius 2 is 1.57 bits per heavy atom. The van der Waals surface area contributed by atoms with Crippen LogP contribution in [0.5, 0.6) is 0 Å². The first-order valence-corrected chi connectivity index (χ1v) is 8.78. The van der Waals surface area contributed by atoms with Crippen LogP contribution < -0.4 is 5.73 Å². The quantitative estimate of drug-likeness (QED) is 0.272. The number of carbonyl (C=O) groups is 1. The van der Waals surface area contributed by atoms with E-state index >= 15 is 0 Å². The van der Waals surface area contributed by atoms with Crippen LogP contribution in [0.3, 0.4) is 0 Å². The number of aliphatic hydroxyl groups excluding tert-OH is 1. The molecule has 0 aromatic rings. The summed E-state index contributed by atoms with van der Waals surface area (Å²) in [6.45, 7) is 2.21. The predicted octanol–water partition coefficient (Wildman–Crippen LogP) is 3.18. The number of allylic oxidation sites excluding steroid dienone is 1. The average molecular weight is 345 g/mol. The maximum absolute atomic E-state index is 10.6. The van der Waals surface area contributed by atoms with E-state index in [0.29, 0.717) is 6.42 Å². The van der Waals surface area contributed by atoms with Gasteiger partial charge in [0, 0.05) is 6.42 Å². The molecule has 23 heavy (non-hydrogen) atoms. The fourth-order valence-electron chi connectivity index (χ4n) is 2.39. The second kappa shape index (κ2) is 23.2. The van der Waals surface area contributed by atoms with Crippen molar-refractivity contribution in [2.45, 2.75) is 96.5 Å². The van der Waals surface area contributed by atoms with Gasteiger partial charge in [0.1, 0.15) is 0 Å². The van der Waals surface area contributed by atoms with E-state index in [0.717, 1.165) is 38.5 Å². The molecule has 3 nitrogen and oxygen atoms in total. The molecule has 0 spiro atoms. The van der Waals surface area contributed by atoms with Crippen molar-refractivity contribution in [1.29, 1.82) is 0 Å². The van der Waals surface area contributed by atoms with Gasteiger partial charge < -0.3 is 10.8 Å². The van der Waals surface area contributed by atoms with Gasteiger partial charge in [-0.15, -0.1) is 0 Å². The van der Waals surface area contributed by atoms with Crippen molar-refractivity contribution >= 4 is 65.0 Å². The first kappa shape index (κ1) is 29.0. The van der Waals surface area contributed by atoms with Crippen molar-refractivity contribution < 1.29 is 9.90 Å². The zero-order chi connectivity index (χ0) is 15.8. The second-order valence-electron chi connectivity index (χ2n) is 5.98. The summed E-state index contributed by atoms with van der Waals surface area (Å²) in [4.78, 5) is 10.6. The molecule has 0 unspecified atom stereocenters. The molecule has 1 amide bonds. The summed E-state index contributed by atoms with van der Waals surface area (Å²) < 4.78 is 0. The molecule has 0 rings (SSSR count). The van der Waals surface area contributed by atoms with E-state index in [1.807, 2.05) is 0 Å². The van der Waals surface area contributed by atoms with Gasteiger partial charge in [-0.25, -0.2) is 0 Å². The van der Waals surface area contributed by atoms with Crippen LogP contribution in [0.25, 0.3) is 0 Å².